The number of carboxylic acid groups (broad SMARTS) is 1. The first-order chi connectivity index (χ1) is 9.90. The van der Waals surface area contributed by atoms with Crippen LogP contribution in [-0.2, 0) is 0 Å². The summed E-state index contributed by atoms with van der Waals surface area (Å²) in [5, 5.41) is 31.1. The highest BCUT2D eigenvalue weighted by Crippen LogP contribution is 2.28. The minimum absolute atomic E-state index is 0.192. The van der Waals surface area contributed by atoms with E-state index in [1.165, 1.54) is 0 Å². The molecule has 0 aliphatic carbocycles. The molecule has 0 fully saturated rings. The van der Waals surface area contributed by atoms with Crippen molar-refractivity contribution >= 4 is 23.3 Å². The standard InChI is InChI=1S/C11H8N4O6/c16-5-1-2-6(7(3-5)15(20)21)14-10(17)8-9(11(18)19)13-4-12-8/h1-4,16H,(H,12,13)(H,14,17)(H,18,19). The average Bonchev–Trinajstić information content (AvgIpc) is 2.90. The zero-order valence-corrected chi connectivity index (χ0v) is 10.2. The predicted octanol–water partition coefficient (Wildman–Crippen LogP) is 0.974. The molecule has 0 aliphatic heterocycles. The van der Waals surface area contributed by atoms with E-state index < -0.39 is 33.9 Å². The topological polar surface area (TPSA) is 158 Å². The first-order valence-electron chi connectivity index (χ1n) is 5.45. The van der Waals surface area contributed by atoms with Crippen LogP contribution in [0.25, 0.3) is 0 Å². The van der Waals surface area contributed by atoms with Gasteiger partial charge in [0.1, 0.15) is 11.4 Å². The van der Waals surface area contributed by atoms with Gasteiger partial charge in [0, 0.05) is 0 Å². The van der Waals surface area contributed by atoms with E-state index >= 15 is 0 Å². The summed E-state index contributed by atoms with van der Waals surface area (Å²) in [5.41, 5.74) is -1.57. The number of carboxylic acids is 1. The number of hydrogen-bond donors (Lipinski definition) is 4. The van der Waals surface area contributed by atoms with Crippen LogP contribution in [0.5, 0.6) is 5.75 Å². The Bertz CT molecular complexity index is 738. The van der Waals surface area contributed by atoms with Crippen molar-refractivity contribution in [3.63, 3.8) is 0 Å². The van der Waals surface area contributed by atoms with Gasteiger partial charge in [0.2, 0.25) is 0 Å². The van der Waals surface area contributed by atoms with Crippen LogP contribution >= 0.6 is 0 Å². The Morgan fingerprint density at radius 2 is 2.10 bits per heavy atom. The molecule has 0 bridgehead atoms. The number of aromatic carboxylic acids is 1. The highest BCUT2D eigenvalue weighted by Gasteiger charge is 2.23. The fourth-order valence-corrected chi connectivity index (χ4v) is 1.59. The highest BCUT2D eigenvalue weighted by atomic mass is 16.6. The van der Waals surface area contributed by atoms with Crippen LogP contribution in [-0.4, -0.2) is 37.0 Å². The number of hydrogen-bond acceptors (Lipinski definition) is 6. The number of carbonyl (C=O) groups excluding carboxylic acids is 1. The smallest absolute Gasteiger partial charge is 0.354 e. The molecular weight excluding hydrogens is 284 g/mol. The number of aromatic amines is 1. The van der Waals surface area contributed by atoms with Gasteiger partial charge in [-0.25, -0.2) is 9.78 Å². The Morgan fingerprint density at radius 1 is 1.38 bits per heavy atom. The van der Waals surface area contributed by atoms with Gasteiger partial charge in [0.15, 0.2) is 11.4 Å². The largest absolute Gasteiger partial charge is 0.508 e. The highest BCUT2D eigenvalue weighted by molar-refractivity contribution is 6.09. The number of aromatic hydroxyl groups is 1. The summed E-state index contributed by atoms with van der Waals surface area (Å²) in [4.78, 5) is 38.7. The number of carbonyl (C=O) groups is 2. The van der Waals surface area contributed by atoms with Crippen molar-refractivity contribution in [1.82, 2.24) is 9.97 Å². The van der Waals surface area contributed by atoms with Crippen molar-refractivity contribution in [3.8, 4) is 5.75 Å². The molecular formula is C11H8N4O6. The molecule has 108 valence electrons. The SMILES string of the molecule is O=C(Nc1ccc(O)cc1[N+](=O)[O-])c1nc[nH]c1C(=O)O. The van der Waals surface area contributed by atoms with Crippen LogP contribution in [0.4, 0.5) is 11.4 Å². The number of H-pyrrole nitrogens is 1. The Hall–Kier alpha value is -3.43. The number of nitro groups is 1. The van der Waals surface area contributed by atoms with Gasteiger partial charge < -0.3 is 20.5 Å². The maximum atomic E-state index is 11.9. The summed E-state index contributed by atoms with van der Waals surface area (Å²) < 4.78 is 0. The molecule has 2 rings (SSSR count). The van der Waals surface area contributed by atoms with E-state index in [9.17, 15) is 24.8 Å². The molecule has 0 atom stereocenters. The van der Waals surface area contributed by atoms with Crippen molar-refractivity contribution in [1.29, 1.82) is 0 Å². The molecule has 0 saturated carbocycles. The van der Waals surface area contributed by atoms with Gasteiger partial charge in [-0.05, 0) is 12.1 Å². The van der Waals surface area contributed by atoms with E-state index in [1.54, 1.807) is 0 Å². The molecule has 10 nitrogen and oxygen atoms in total. The van der Waals surface area contributed by atoms with Gasteiger partial charge in [-0.3, -0.25) is 14.9 Å². The maximum absolute atomic E-state index is 11.9. The summed E-state index contributed by atoms with van der Waals surface area (Å²) in [6.45, 7) is 0. The first-order valence-corrected chi connectivity index (χ1v) is 5.45. The number of amides is 1. The molecule has 1 amide bonds. The van der Waals surface area contributed by atoms with Crippen LogP contribution < -0.4 is 5.32 Å². The lowest BCUT2D eigenvalue weighted by molar-refractivity contribution is -0.384. The molecule has 2 aromatic rings. The fraction of sp³-hybridized carbons (Fsp3) is 0. The number of nitrogens with zero attached hydrogens (tertiary/aromatic N) is 2. The number of nitro benzene ring substituents is 1. The third-order valence-electron chi connectivity index (χ3n) is 2.49. The third-order valence-corrected chi connectivity index (χ3v) is 2.49. The second-order valence-corrected chi connectivity index (χ2v) is 3.84. The Kier molecular flexibility index (Phi) is 3.52. The van der Waals surface area contributed by atoms with E-state index in [0.717, 1.165) is 24.5 Å². The zero-order chi connectivity index (χ0) is 15.6. The molecule has 0 aliphatic rings. The van der Waals surface area contributed by atoms with Gasteiger partial charge >= 0.3 is 5.97 Å². The van der Waals surface area contributed by atoms with Crippen molar-refractivity contribution < 1.29 is 24.7 Å². The van der Waals surface area contributed by atoms with Crippen LogP contribution in [0.1, 0.15) is 21.0 Å². The number of phenolic OH excluding ortho intramolecular Hbond substituents is 1. The summed E-state index contributed by atoms with van der Waals surface area (Å²) >= 11 is 0. The molecule has 4 N–H and O–H groups in total. The maximum Gasteiger partial charge on any atom is 0.354 e. The molecule has 1 aromatic heterocycles. The van der Waals surface area contributed by atoms with Crippen molar-refractivity contribution in [2.24, 2.45) is 0 Å². The van der Waals surface area contributed by atoms with Gasteiger partial charge in [0.05, 0.1) is 17.3 Å². The quantitative estimate of drug-likeness (QED) is 0.371. The monoisotopic (exact) mass is 292 g/mol. The van der Waals surface area contributed by atoms with E-state index in [0.29, 0.717) is 0 Å². The summed E-state index contributed by atoms with van der Waals surface area (Å²) in [6, 6.07) is 3.13. The van der Waals surface area contributed by atoms with Crippen molar-refractivity contribution in [3.05, 3.63) is 46.0 Å². The van der Waals surface area contributed by atoms with E-state index in [4.69, 9.17) is 5.11 Å². The Morgan fingerprint density at radius 3 is 2.71 bits per heavy atom. The molecule has 10 heteroatoms. The van der Waals surface area contributed by atoms with Crippen LogP contribution in [0.15, 0.2) is 24.5 Å². The fourth-order valence-electron chi connectivity index (χ4n) is 1.59. The number of phenols is 1. The van der Waals surface area contributed by atoms with Crippen LogP contribution in [0.2, 0.25) is 0 Å². The number of rotatable bonds is 4. The summed E-state index contributed by atoms with van der Waals surface area (Å²) in [7, 11) is 0. The third kappa shape index (κ3) is 2.78. The number of benzene rings is 1. The molecule has 1 aromatic carbocycles. The number of nitrogens with one attached hydrogen (secondary N) is 2. The van der Waals surface area contributed by atoms with Gasteiger partial charge in [-0.1, -0.05) is 0 Å². The molecule has 0 spiro atoms. The molecule has 21 heavy (non-hydrogen) atoms. The minimum Gasteiger partial charge on any atom is -0.508 e. The summed E-state index contributed by atoms with van der Waals surface area (Å²) in [6.07, 6.45) is 1.02. The predicted molar refractivity (Wildman–Crippen MR) is 68.3 cm³/mol. The molecule has 0 radical (unpaired) electrons. The lowest BCUT2D eigenvalue weighted by atomic mass is 10.2. The lowest BCUT2D eigenvalue weighted by Gasteiger charge is -2.05. The second kappa shape index (κ2) is 5.28. The van der Waals surface area contributed by atoms with E-state index in [1.807, 2.05) is 0 Å². The van der Waals surface area contributed by atoms with Crippen LogP contribution in [0.3, 0.4) is 0 Å². The Balaban J connectivity index is 2.34. The summed E-state index contributed by atoms with van der Waals surface area (Å²) in [5.74, 6) is -2.66. The Labute approximate surface area is 116 Å². The van der Waals surface area contributed by atoms with Crippen LogP contribution in [0, 0.1) is 10.1 Å². The number of aromatic nitrogens is 2. The molecule has 1 heterocycles. The van der Waals surface area contributed by atoms with Gasteiger partial charge in [-0.15, -0.1) is 0 Å². The van der Waals surface area contributed by atoms with Gasteiger partial charge in [-0.2, -0.15) is 0 Å². The first kappa shape index (κ1) is 14.0. The minimum atomic E-state index is -1.39. The zero-order valence-electron chi connectivity index (χ0n) is 10.2. The molecule has 0 saturated heterocycles. The van der Waals surface area contributed by atoms with Crippen molar-refractivity contribution in [2.45, 2.75) is 0 Å². The average molecular weight is 292 g/mol. The van der Waals surface area contributed by atoms with Crippen molar-refractivity contribution in [2.75, 3.05) is 5.32 Å². The second-order valence-electron chi connectivity index (χ2n) is 3.84. The normalized spacial score (nSPS) is 10.1. The molecule has 0 unspecified atom stereocenters. The van der Waals surface area contributed by atoms with Gasteiger partial charge in [0.25, 0.3) is 11.6 Å². The number of anilines is 1. The number of imidazole rings is 1. The lowest BCUT2D eigenvalue weighted by Crippen LogP contribution is -2.17. The van der Waals surface area contributed by atoms with E-state index in [-0.39, 0.29) is 11.4 Å². The van der Waals surface area contributed by atoms with E-state index in [2.05, 4.69) is 15.3 Å².